The van der Waals surface area contributed by atoms with E-state index in [1.807, 2.05) is 0 Å². The summed E-state index contributed by atoms with van der Waals surface area (Å²) < 4.78 is 79.0. The third kappa shape index (κ3) is 5.48. The van der Waals surface area contributed by atoms with E-state index in [2.05, 4.69) is 5.32 Å². The van der Waals surface area contributed by atoms with Crippen molar-refractivity contribution >= 4 is 21.4 Å². The number of sulfone groups is 1. The van der Waals surface area contributed by atoms with Gasteiger partial charge >= 0.3 is 6.18 Å². The molecule has 0 aliphatic heterocycles. The average molecular weight is 498 g/mol. The summed E-state index contributed by atoms with van der Waals surface area (Å²) in [6, 6.07) is 9.02. The van der Waals surface area contributed by atoms with Crippen molar-refractivity contribution in [3.8, 4) is 5.69 Å². The Balaban J connectivity index is 2.07. The van der Waals surface area contributed by atoms with Crippen LogP contribution in [0, 0.1) is 12.7 Å². The second kappa shape index (κ2) is 9.22. The lowest BCUT2D eigenvalue weighted by atomic mass is 10.1. The quantitative estimate of drug-likeness (QED) is 0.489. The van der Waals surface area contributed by atoms with E-state index in [9.17, 15) is 35.9 Å². The first-order valence-electron chi connectivity index (χ1n) is 10.1. The Morgan fingerprint density at radius 1 is 1.12 bits per heavy atom. The van der Waals surface area contributed by atoms with E-state index in [-0.39, 0.29) is 39.6 Å². The topological polar surface area (TPSA) is 88.4 Å². The van der Waals surface area contributed by atoms with E-state index in [1.165, 1.54) is 48.7 Å². The molecular weight excluding hydrogens is 476 g/mol. The number of aliphatic hydroxyl groups is 1. The van der Waals surface area contributed by atoms with Gasteiger partial charge in [0.05, 0.1) is 27.8 Å². The van der Waals surface area contributed by atoms with Gasteiger partial charge in [-0.3, -0.25) is 4.79 Å². The van der Waals surface area contributed by atoms with Gasteiger partial charge in [-0.2, -0.15) is 13.2 Å². The SMILES string of the molecule is Cc1c(C(=O)Nc2ccc(S(C)(=O)=O)cc2)cc(C[C@H](C)O)n1-c1ccc(F)cc1C(F)(F)F. The highest BCUT2D eigenvalue weighted by atomic mass is 32.2. The number of aromatic nitrogens is 1. The van der Waals surface area contributed by atoms with Gasteiger partial charge in [-0.1, -0.05) is 0 Å². The van der Waals surface area contributed by atoms with Crippen LogP contribution in [0.25, 0.3) is 5.69 Å². The maximum absolute atomic E-state index is 13.7. The van der Waals surface area contributed by atoms with Gasteiger partial charge in [-0.25, -0.2) is 12.8 Å². The molecule has 2 N–H and O–H groups in total. The molecule has 1 amide bonds. The minimum atomic E-state index is -4.86. The Bertz CT molecular complexity index is 1330. The number of amides is 1. The van der Waals surface area contributed by atoms with Crippen molar-refractivity contribution in [2.24, 2.45) is 0 Å². The van der Waals surface area contributed by atoms with E-state index < -0.39 is 39.4 Å². The molecule has 3 aromatic rings. The lowest BCUT2D eigenvalue weighted by molar-refractivity contribution is -0.137. The zero-order valence-corrected chi connectivity index (χ0v) is 19.3. The van der Waals surface area contributed by atoms with Crippen LogP contribution >= 0.6 is 0 Å². The van der Waals surface area contributed by atoms with E-state index in [0.29, 0.717) is 6.07 Å². The minimum absolute atomic E-state index is 0.0419. The van der Waals surface area contributed by atoms with Crippen LogP contribution in [0.3, 0.4) is 0 Å². The summed E-state index contributed by atoms with van der Waals surface area (Å²) in [5.41, 5.74) is -0.903. The molecule has 0 spiro atoms. The smallest absolute Gasteiger partial charge is 0.393 e. The van der Waals surface area contributed by atoms with Crippen molar-refractivity contribution in [3.63, 3.8) is 0 Å². The Morgan fingerprint density at radius 2 is 1.74 bits per heavy atom. The maximum Gasteiger partial charge on any atom is 0.418 e. The van der Waals surface area contributed by atoms with Gasteiger partial charge in [-0.15, -0.1) is 0 Å². The van der Waals surface area contributed by atoms with E-state index in [4.69, 9.17) is 0 Å². The standard InChI is InChI=1S/C23H22F4N2O4S/c1-13(30)10-17-12-19(22(31)28-16-5-7-18(8-6-16)34(3,32)33)14(2)29(17)21-9-4-15(24)11-20(21)23(25,26)27/h4-9,11-13,30H,10H2,1-3H3,(H,28,31)/t13-/m0/s1. The number of benzene rings is 2. The van der Waals surface area contributed by atoms with Gasteiger partial charge in [0.25, 0.3) is 5.91 Å². The van der Waals surface area contributed by atoms with Gasteiger partial charge in [0, 0.05) is 29.8 Å². The Kier molecular flexibility index (Phi) is 6.90. The Morgan fingerprint density at radius 3 is 2.26 bits per heavy atom. The molecule has 0 aliphatic carbocycles. The highest BCUT2D eigenvalue weighted by Crippen LogP contribution is 2.36. The molecule has 6 nitrogen and oxygen atoms in total. The molecule has 34 heavy (non-hydrogen) atoms. The first kappa shape index (κ1) is 25.4. The number of nitrogens with one attached hydrogen (secondary N) is 1. The first-order valence-corrected chi connectivity index (χ1v) is 12.0. The molecule has 182 valence electrons. The first-order chi connectivity index (χ1) is 15.7. The van der Waals surface area contributed by atoms with Crippen LogP contribution in [0.1, 0.15) is 34.2 Å². The summed E-state index contributed by atoms with van der Waals surface area (Å²) in [6.45, 7) is 2.89. The fourth-order valence-electron chi connectivity index (χ4n) is 3.60. The molecule has 1 aromatic heterocycles. The Labute approximate surface area is 193 Å². The fourth-order valence-corrected chi connectivity index (χ4v) is 4.23. The molecule has 1 heterocycles. The maximum atomic E-state index is 13.7. The van der Waals surface area contributed by atoms with Crippen LogP contribution in [0.2, 0.25) is 0 Å². The molecule has 2 aromatic carbocycles. The molecule has 0 radical (unpaired) electrons. The van der Waals surface area contributed by atoms with Gasteiger partial charge in [0.2, 0.25) is 0 Å². The molecule has 0 unspecified atom stereocenters. The van der Waals surface area contributed by atoms with Crippen LogP contribution in [-0.4, -0.2) is 36.4 Å². The van der Waals surface area contributed by atoms with Crippen LogP contribution in [0.4, 0.5) is 23.2 Å². The lowest BCUT2D eigenvalue weighted by Gasteiger charge is -2.18. The van der Waals surface area contributed by atoms with E-state index >= 15 is 0 Å². The zero-order valence-electron chi connectivity index (χ0n) is 18.4. The number of aliphatic hydroxyl groups excluding tert-OH is 1. The molecule has 0 saturated heterocycles. The molecule has 0 bridgehead atoms. The number of carbonyl (C=O) groups is 1. The number of halogens is 4. The largest absolute Gasteiger partial charge is 0.418 e. The third-order valence-corrected chi connectivity index (χ3v) is 6.25. The van der Waals surface area contributed by atoms with Crippen LogP contribution in [0.5, 0.6) is 0 Å². The molecule has 0 aliphatic rings. The van der Waals surface area contributed by atoms with Crippen molar-refractivity contribution in [2.45, 2.75) is 37.4 Å². The van der Waals surface area contributed by atoms with Crippen LogP contribution in [0.15, 0.2) is 53.4 Å². The van der Waals surface area contributed by atoms with Gasteiger partial charge < -0.3 is 15.0 Å². The molecule has 1 atom stereocenters. The van der Waals surface area contributed by atoms with Gasteiger partial charge in [-0.05, 0) is 62.4 Å². The average Bonchev–Trinajstić information content (AvgIpc) is 3.02. The van der Waals surface area contributed by atoms with Crippen molar-refractivity contribution in [1.29, 1.82) is 0 Å². The van der Waals surface area contributed by atoms with E-state index in [0.717, 1.165) is 18.4 Å². The summed E-state index contributed by atoms with van der Waals surface area (Å²) in [6.07, 6.45) is -4.81. The summed E-state index contributed by atoms with van der Waals surface area (Å²) in [4.78, 5) is 13.0. The molecule has 0 fully saturated rings. The fraction of sp³-hybridized carbons (Fsp3) is 0.261. The lowest BCUT2D eigenvalue weighted by Crippen LogP contribution is -2.16. The summed E-state index contributed by atoms with van der Waals surface area (Å²) >= 11 is 0. The number of hydrogen-bond acceptors (Lipinski definition) is 4. The van der Waals surface area contributed by atoms with Crippen LogP contribution < -0.4 is 5.32 Å². The number of hydrogen-bond donors (Lipinski definition) is 2. The van der Waals surface area contributed by atoms with Gasteiger partial charge in [0.15, 0.2) is 9.84 Å². The minimum Gasteiger partial charge on any atom is -0.393 e. The van der Waals surface area contributed by atoms with E-state index in [1.54, 1.807) is 0 Å². The predicted octanol–water partition coefficient (Wildman–Crippen LogP) is 4.52. The second-order valence-corrected chi connectivity index (χ2v) is 9.95. The number of rotatable bonds is 6. The molecular formula is C23H22F4N2O4S. The number of carbonyl (C=O) groups excluding carboxylic acids is 1. The molecule has 11 heteroatoms. The van der Waals surface area contributed by atoms with Crippen molar-refractivity contribution in [3.05, 3.63) is 76.9 Å². The van der Waals surface area contributed by atoms with Gasteiger partial charge in [0.1, 0.15) is 5.82 Å². The van der Waals surface area contributed by atoms with Crippen molar-refractivity contribution < 1.29 is 35.9 Å². The summed E-state index contributed by atoms with van der Waals surface area (Å²) in [7, 11) is -3.43. The number of nitrogens with zero attached hydrogens (tertiary/aromatic N) is 1. The highest BCUT2D eigenvalue weighted by molar-refractivity contribution is 7.90. The second-order valence-electron chi connectivity index (χ2n) is 7.93. The summed E-state index contributed by atoms with van der Waals surface area (Å²) in [5, 5.41) is 12.5. The Hall–Kier alpha value is -3.18. The van der Waals surface area contributed by atoms with Crippen LogP contribution in [-0.2, 0) is 22.4 Å². The predicted molar refractivity (Wildman–Crippen MR) is 118 cm³/mol. The normalized spacial score (nSPS) is 13.1. The van der Waals surface area contributed by atoms with Crippen molar-refractivity contribution in [1.82, 2.24) is 4.57 Å². The molecule has 3 rings (SSSR count). The monoisotopic (exact) mass is 498 g/mol. The number of anilines is 1. The van der Waals surface area contributed by atoms with Crippen molar-refractivity contribution in [2.75, 3.05) is 11.6 Å². The number of alkyl halides is 3. The molecule has 0 saturated carbocycles. The third-order valence-electron chi connectivity index (χ3n) is 5.12. The highest BCUT2D eigenvalue weighted by Gasteiger charge is 2.35. The summed E-state index contributed by atoms with van der Waals surface area (Å²) in [5.74, 6) is -1.71. The zero-order chi connectivity index (χ0) is 25.4.